The van der Waals surface area contributed by atoms with Gasteiger partial charge in [-0.2, -0.15) is 8.42 Å². The lowest BCUT2D eigenvalue weighted by atomic mass is 10.1. The van der Waals surface area contributed by atoms with E-state index in [0.29, 0.717) is 0 Å². The van der Waals surface area contributed by atoms with Crippen molar-refractivity contribution >= 4 is 10.1 Å². The molecule has 0 amide bonds. The summed E-state index contributed by atoms with van der Waals surface area (Å²) in [5, 5.41) is 0. The molecular weight excluding hydrogens is 204 g/mol. The Kier molecular flexibility index (Phi) is 2.82. The average Bonchev–Trinajstić information content (AvgIpc) is 2.07. The standard InChI is InChI=1S/C9H12O4S/c1-6-4-8(13-3)9(5-7(6)2)14(10,11)12/h4-5H,1-3H3,(H,10,11,12). The van der Waals surface area contributed by atoms with E-state index in [4.69, 9.17) is 9.29 Å². The molecule has 0 aromatic heterocycles. The van der Waals surface area contributed by atoms with Crippen LogP contribution in [0.1, 0.15) is 11.1 Å². The summed E-state index contributed by atoms with van der Waals surface area (Å²) < 4.78 is 35.7. The van der Waals surface area contributed by atoms with Crippen molar-refractivity contribution in [2.75, 3.05) is 7.11 Å². The summed E-state index contributed by atoms with van der Waals surface area (Å²) >= 11 is 0. The fourth-order valence-electron chi connectivity index (χ4n) is 1.12. The highest BCUT2D eigenvalue weighted by molar-refractivity contribution is 7.86. The average molecular weight is 216 g/mol. The number of hydrogen-bond donors (Lipinski definition) is 1. The molecule has 78 valence electrons. The van der Waals surface area contributed by atoms with E-state index >= 15 is 0 Å². The van der Waals surface area contributed by atoms with Crippen molar-refractivity contribution in [3.8, 4) is 5.75 Å². The molecule has 0 aliphatic rings. The molecule has 0 saturated heterocycles. The smallest absolute Gasteiger partial charge is 0.298 e. The molecule has 1 rings (SSSR count). The molecule has 4 nitrogen and oxygen atoms in total. The summed E-state index contributed by atoms with van der Waals surface area (Å²) in [6, 6.07) is 2.97. The molecule has 1 aromatic rings. The lowest BCUT2D eigenvalue weighted by Gasteiger charge is -2.08. The van der Waals surface area contributed by atoms with Crippen LogP contribution in [0.4, 0.5) is 0 Å². The summed E-state index contributed by atoms with van der Waals surface area (Å²) in [6.45, 7) is 3.61. The summed E-state index contributed by atoms with van der Waals surface area (Å²) in [7, 11) is -2.85. The van der Waals surface area contributed by atoms with Crippen LogP contribution in [-0.4, -0.2) is 20.1 Å². The maximum absolute atomic E-state index is 11.0. The van der Waals surface area contributed by atoms with Gasteiger partial charge in [0.1, 0.15) is 10.6 Å². The van der Waals surface area contributed by atoms with Gasteiger partial charge in [-0.05, 0) is 37.1 Å². The summed E-state index contributed by atoms with van der Waals surface area (Å²) in [5.41, 5.74) is 1.70. The van der Waals surface area contributed by atoms with Crippen LogP contribution in [0.3, 0.4) is 0 Å². The van der Waals surface area contributed by atoms with Crippen molar-refractivity contribution in [2.24, 2.45) is 0 Å². The van der Waals surface area contributed by atoms with E-state index in [2.05, 4.69) is 0 Å². The molecule has 0 aliphatic heterocycles. The number of rotatable bonds is 2. The van der Waals surface area contributed by atoms with Crippen LogP contribution in [0.2, 0.25) is 0 Å². The molecule has 0 bridgehead atoms. The van der Waals surface area contributed by atoms with Crippen LogP contribution in [0.25, 0.3) is 0 Å². The van der Waals surface area contributed by atoms with E-state index in [-0.39, 0.29) is 10.6 Å². The van der Waals surface area contributed by atoms with Gasteiger partial charge in [0.15, 0.2) is 0 Å². The maximum Gasteiger partial charge on any atom is 0.298 e. The first-order chi connectivity index (χ1) is 6.36. The predicted molar refractivity (Wildman–Crippen MR) is 52.3 cm³/mol. The van der Waals surface area contributed by atoms with Crippen LogP contribution in [0.15, 0.2) is 17.0 Å². The highest BCUT2D eigenvalue weighted by Gasteiger charge is 2.17. The van der Waals surface area contributed by atoms with Gasteiger partial charge < -0.3 is 4.74 Å². The molecule has 0 spiro atoms. The van der Waals surface area contributed by atoms with Crippen LogP contribution >= 0.6 is 0 Å². The topological polar surface area (TPSA) is 63.6 Å². The Balaban J connectivity index is 3.51. The maximum atomic E-state index is 11.0. The van der Waals surface area contributed by atoms with Gasteiger partial charge in [-0.15, -0.1) is 0 Å². The number of hydrogen-bond acceptors (Lipinski definition) is 3. The van der Waals surface area contributed by atoms with Gasteiger partial charge in [0.2, 0.25) is 0 Å². The number of benzene rings is 1. The molecule has 1 aromatic carbocycles. The van der Waals surface area contributed by atoms with E-state index in [9.17, 15) is 8.42 Å². The van der Waals surface area contributed by atoms with E-state index < -0.39 is 10.1 Å². The minimum atomic E-state index is -4.21. The Labute approximate surface area is 83.3 Å². The minimum absolute atomic E-state index is 0.163. The van der Waals surface area contributed by atoms with Crippen molar-refractivity contribution < 1.29 is 17.7 Å². The van der Waals surface area contributed by atoms with Gasteiger partial charge in [-0.1, -0.05) is 0 Å². The van der Waals surface area contributed by atoms with E-state index in [1.807, 2.05) is 6.92 Å². The van der Waals surface area contributed by atoms with E-state index in [0.717, 1.165) is 11.1 Å². The Morgan fingerprint density at radius 2 is 1.71 bits per heavy atom. The second kappa shape index (κ2) is 3.59. The molecule has 1 N–H and O–H groups in total. The number of methoxy groups -OCH3 is 1. The van der Waals surface area contributed by atoms with Crippen molar-refractivity contribution in [2.45, 2.75) is 18.7 Å². The third-order valence-electron chi connectivity index (χ3n) is 2.06. The summed E-state index contributed by atoms with van der Waals surface area (Å²) in [6.07, 6.45) is 0. The van der Waals surface area contributed by atoms with Gasteiger partial charge in [-0.25, -0.2) is 0 Å². The Hall–Kier alpha value is -1.07. The van der Waals surface area contributed by atoms with Gasteiger partial charge in [0, 0.05) is 0 Å². The molecule has 0 saturated carbocycles. The quantitative estimate of drug-likeness (QED) is 0.762. The molecule has 0 aliphatic carbocycles. The van der Waals surface area contributed by atoms with Crippen LogP contribution < -0.4 is 4.74 Å². The fraction of sp³-hybridized carbons (Fsp3) is 0.333. The molecule has 0 unspecified atom stereocenters. The highest BCUT2D eigenvalue weighted by Crippen LogP contribution is 2.26. The molecule has 0 fully saturated rings. The number of ether oxygens (including phenoxy) is 1. The first kappa shape index (κ1) is 11.0. The summed E-state index contributed by atoms with van der Waals surface area (Å²) in [5.74, 6) is 0.163. The predicted octanol–water partition coefficient (Wildman–Crippen LogP) is 1.56. The van der Waals surface area contributed by atoms with Gasteiger partial charge in [-0.3, -0.25) is 4.55 Å². The minimum Gasteiger partial charge on any atom is -0.495 e. The van der Waals surface area contributed by atoms with Crippen molar-refractivity contribution in [3.63, 3.8) is 0 Å². The van der Waals surface area contributed by atoms with Crippen LogP contribution in [0.5, 0.6) is 5.75 Å². The molecule has 0 heterocycles. The van der Waals surface area contributed by atoms with Gasteiger partial charge in [0.25, 0.3) is 10.1 Å². The van der Waals surface area contributed by atoms with Crippen molar-refractivity contribution in [1.82, 2.24) is 0 Å². The highest BCUT2D eigenvalue weighted by atomic mass is 32.2. The van der Waals surface area contributed by atoms with Gasteiger partial charge in [0.05, 0.1) is 7.11 Å². The molecule has 0 radical (unpaired) electrons. The van der Waals surface area contributed by atoms with E-state index in [1.165, 1.54) is 13.2 Å². The lowest BCUT2D eigenvalue weighted by Crippen LogP contribution is -2.02. The zero-order valence-corrected chi connectivity index (χ0v) is 9.05. The lowest BCUT2D eigenvalue weighted by molar-refractivity contribution is 0.397. The van der Waals surface area contributed by atoms with Crippen LogP contribution in [-0.2, 0) is 10.1 Å². The van der Waals surface area contributed by atoms with Crippen molar-refractivity contribution in [1.29, 1.82) is 0 Å². The zero-order valence-electron chi connectivity index (χ0n) is 8.23. The Morgan fingerprint density at radius 1 is 1.21 bits per heavy atom. The molecule has 14 heavy (non-hydrogen) atoms. The zero-order chi connectivity index (χ0) is 10.9. The SMILES string of the molecule is COc1cc(C)c(C)cc1S(=O)(=O)O. The largest absolute Gasteiger partial charge is 0.495 e. The normalized spacial score (nSPS) is 11.4. The third-order valence-corrected chi connectivity index (χ3v) is 2.93. The van der Waals surface area contributed by atoms with Crippen molar-refractivity contribution in [3.05, 3.63) is 23.3 Å². The first-order valence-electron chi connectivity index (χ1n) is 3.99. The molecule has 5 heteroatoms. The Bertz CT molecular complexity index is 448. The third kappa shape index (κ3) is 2.05. The van der Waals surface area contributed by atoms with Gasteiger partial charge >= 0.3 is 0 Å². The monoisotopic (exact) mass is 216 g/mol. The second-order valence-corrected chi connectivity index (χ2v) is 4.45. The number of aryl methyl sites for hydroxylation is 2. The Morgan fingerprint density at radius 3 is 2.14 bits per heavy atom. The summed E-state index contributed by atoms with van der Waals surface area (Å²) in [4.78, 5) is -0.192. The molecular formula is C9H12O4S. The first-order valence-corrected chi connectivity index (χ1v) is 5.43. The second-order valence-electron chi connectivity index (χ2n) is 3.06. The fourth-order valence-corrected chi connectivity index (χ4v) is 1.85. The molecule has 0 atom stereocenters. The van der Waals surface area contributed by atoms with Crippen LogP contribution in [0, 0.1) is 13.8 Å². The van der Waals surface area contributed by atoms with E-state index in [1.54, 1.807) is 13.0 Å².